The van der Waals surface area contributed by atoms with Gasteiger partial charge in [-0.1, -0.05) is 12.1 Å². The van der Waals surface area contributed by atoms with Gasteiger partial charge in [-0.15, -0.1) is 0 Å². The summed E-state index contributed by atoms with van der Waals surface area (Å²) in [6.45, 7) is 0. The standard InChI is InChI=1S/C20H14O6/c21-11-6-8-19-17-10(11)2-1-3-14(17)24-20(26-19)9-7-13(23)16-12(22)4-5-15(25-19)18(16)20/h1-5,22H,6-9H2. The Morgan fingerprint density at radius 1 is 0.846 bits per heavy atom. The maximum absolute atomic E-state index is 12.4. The molecule has 2 unspecified atom stereocenters. The summed E-state index contributed by atoms with van der Waals surface area (Å²) in [5.74, 6) is -1.52. The highest BCUT2D eigenvalue weighted by atomic mass is 16.8. The molecule has 0 saturated heterocycles. The lowest BCUT2D eigenvalue weighted by Gasteiger charge is -2.55. The van der Waals surface area contributed by atoms with Crippen molar-refractivity contribution < 1.29 is 28.9 Å². The van der Waals surface area contributed by atoms with Crippen molar-refractivity contribution in [2.75, 3.05) is 0 Å². The van der Waals surface area contributed by atoms with Gasteiger partial charge in [-0.3, -0.25) is 14.3 Å². The summed E-state index contributed by atoms with van der Waals surface area (Å²) in [5, 5.41) is 10.3. The summed E-state index contributed by atoms with van der Waals surface area (Å²) < 4.78 is 19.0. The first-order valence-corrected chi connectivity index (χ1v) is 8.68. The quantitative estimate of drug-likeness (QED) is 0.786. The Bertz CT molecular complexity index is 1040. The molecule has 6 heteroatoms. The number of phenols is 1. The monoisotopic (exact) mass is 350 g/mol. The van der Waals surface area contributed by atoms with Crippen LogP contribution in [0.1, 0.15) is 57.5 Å². The molecule has 0 aromatic heterocycles. The van der Waals surface area contributed by atoms with E-state index < -0.39 is 11.6 Å². The molecule has 0 radical (unpaired) electrons. The summed E-state index contributed by atoms with van der Waals surface area (Å²) >= 11 is 0. The van der Waals surface area contributed by atoms with E-state index in [9.17, 15) is 14.7 Å². The normalized spacial score (nSPS) is 30.0. The first-order valence-electron chi connectivity index (χ1n) is 8.68. The lowest BCUT2D eigenvalue weighted by atomic mass is 9.78. The highest BCUT2D eigenvalue weighted by molar-refractivity contribution is 6.03. The van der Waals surface area contributed by atoms with Crippen molar-refractivity contribution in [3.05, 3.63) is 52.6 Å². The van der Waals surface area contributed by atoms with Crippen LogP contribution in [0.15, 0.2) is 30.3 Å². The first kappa shape index (κ1) is 14.3. The number of phenolic OH excluding ortho intramolecular Hbond substituents is 1. The number of carbonyl (C=O) groups excluding carboxylic acids is 2. The third-order valence-electron chi connectivity index (χ3n) is 5.75. The summed E-state index contributed by atoms with van der Waals surface area (Å²) in [5.41, 5.74) is 1.83. The summed E-state index contributed by atoms with van der Waals surface area (Å²) in [4.78, 5) is 24.8. The third-order valence-corrected chi connectivity index (χ3v) is 5.75. The van der Waals surface area contributed by atoms with Gasteiger partial charge in [0.2, 0.25) is 11.6 Å². The zero-order chi connectivity index (χ0) is 17.7. The van der Waals surface area contributed by atoms with Crippen molar-refractivity contribution >= 4 is 11.6 Å². The van der Waals surface area contributed by atoms with Crippen LogP contribution in [-0.2, 0) is 16.3 Å². The minimum absolute atomic E-state index is 0.0373. The zero-order valence-corrected chi connectivity index (χ0v) is 13.7. The third kappa shape index (κ3) is 1.48. The number of Topliss-reactive ketones (excluding diaryl/α,β-unsaturated/α-hetero) is 2. The molecule has 0 amide bonds. The number of benzene rings is 2. The van der Waals surface area contributed by atoms with Crippen LogP contribution < -0.4 is 9.47 Å². The van der Waals surface area contributed by atoms with Gasteiger partial charge in [-0.05, 0) is 18.2 Å². The van der Waals surface area contributed by atoms with E-state index in [1.807, 2.05) is 0 Å². The van der Waals surface area contributed by atoms with Crippen LogP contribution in [0.5, 0.6) is 17.2 Å². The molecule has 4 aliphatic rings. The lowest BCUT2D eigenvalue weighted by Crippen LogP contribution is -2.58. The fourth-order valence-corrected chi connectivity index (χ4v) is 4.70. The molecule has 2 heterocycles. The smallest absolute Gasteiger partial charge is 0.245 e. The van der Waals surface area contributed by atoms with E-state index in [1.54, 1.807) is 24.3 Å². The Labute approximate surface area is 148 Å². The zero-order valence-electron chi connectivity index (χ0n) is 13.7. The van der Waals surface area contributed by atoms with Crippen LogP contribution >= 0.6 is 0 Å². The van der Waals surface area contributed by atoms with E-state index in [-0.39, 0.29) is 29.3 Å². The fourth-order valence-electron chi connectivity index (χ4n) is 4.70. The Morgan fingerprint density at radius 2 is 1.54 bits per heavy atom. The molecule has 2 aliphatic carbocycles. The number of rotatable bonds is 0. The Morgan fingerprint density at radius 3 is 2.35 bits per heavy atom. The molecular weight excluding hydrogens is 336 g/mol. The van der Waals surface area contributed by atoms with Crippen molar-refractivity contribution in [3.8, 4) is 17.2 Å². The molecule has 26 heavy (non-hydrogen) atoms. The molecule has 2 atom stereocenters. The average Bonchev–Trinajstić information content (AvgIpc) is 2.63. The average molecular weight is 350 g/mol. The first-order chi connectivity index (χ1) is 12.5. The second kappa shape index (κ2) is 4.27. The van der Waals surface area contributed by atoms with E-state index in [1.165, 1.54) is 6.07 Å². The van der Waals surface area contributed by atoms with Crippen LogP contribution in [0.4, 0.5) is 0 Å². The van der Waals surface area contributed by atoms with Crippen molar-refractivity contribution in [1.29, 1.82) is 0 Å². The van der Waals surface area contributed by atoms with Gasteiger partial charge >= 0.3 is 0 Å². The number of carbonyl (C=O) groups is 2. The van der Waals surface area contributed by atoms with Gasteiger partial charge in [0.15, 0.2) is 11.6 Å². The van der Waals surface area contributed by atoms with Crippen LogP contribution in [0.2, 0.25) is 0 Å². The molecule has 130 valence electrons. The second-order valence-corrected chi connectivity index (χ2v) is 7.17. The molecule has 0 fully saturated rings. The SMILES string of the molecule is O=C1CCC23Oc4ccc(O)c5c4C(CCC5=O)(Oc4cccc1c42)O3. The van der Waals surface area contributed by atoms with Crippen LogP contribution in [-0.4, -0.2) is 16.7 Å². The molecule has 2 aromatic rings. The Kier molecular flexibility index (Phi) is 2.35. The number of aromatic hydroxyl groups is 1. The molecule has 0 saturated carbocycles. The van der Waals surface area contributed by atoms with Crippen molar-refractivity contribution in [3.63, 3.8) is 0 Å². The Hall–Kier alpha value is -2.86. The molecular formula is C20H14O6. The van der Waals surface area contributed by atoms with E-state index in [2.05, 4.69) is 0 Å². The van der Waals surface area contributed by atoms with Crippen LogP contribution in [0.25, 0.3) is 0 Å². The van der Waals surface area contributed by atoms with Gasteiger partial charge in [0.05, 0.1) is 16.7 Å². The van der Waals surface area contributed by atoms with Crippen molar-refractivity contribution in [2.24, 2.45) is 0 Å². The number of ketones is 2. The van der Waals surface area contributed by atoms with E-state index in [4.69, 9.17) is 14.2 Å². The number of hydrogen-bond donors (Lipinski definition) is 1. The van der Waals surface area contributed by atoms with Gasteiger partial charge in [0.25, 0.3) is 0 Å². The predicted octanol–water partition coefficient (Wildman–Crippen LogP) is 3.15. The topological polar surface area (TPSA) is 82.1 Å². The highest BCUT2D eigenvalue weighted by Crippen LogP contribution is 2.61. The fraction of sp³-hybridized carbons (Fsp3) is 0.300. The Balaban J connectivity index is 1.70. The van der Waals surface area contributed by atoms with E-state index in [0.717, 1.165) is 0 Å². The highest BCUT2D eigenvalue weighted by Gasteiger charge is 2.62. The van der Waals surface area contributed by atoms with E-state index >= 15 is 0 Å². The van der Waals surface area contributed by atoms with Crippen LogP contribution in [0, 0.1) is 0 Å². The van der Waals surface area contributed by atoms with Gasteiger partial charge in [0.1, 0.15) is 17.2 Å². The second-order valence-electron chi connectivity index (χ2n) is 7.17. The lowest BCUT2D eigenvalue weighted by molar-refractivity contribution is -0.363. The molecule has 6 rings (SSSR count). The molecule has 2 aliphatic heterocycles. The minimum Gasteiger partial charge on any atom is -0.507 e. The maximum atomic E-state index is 12.4. The van der Waals surface area contributed by atoms with E-state index in [0.29, 0.717) is 47.5 Å². The molecule has 2 bridgehead atoms. The van der Waals surface area contributed by atoms with Crippen molar-refractivity contribution in [2.45, 2.75) is 37.3 Å². The van der Waals surface area contributed by atoms with Crippen molar-refractivity contribution in [1.82, 2.24) is 0 Å². The molecule has 1 N–H and O–H groups in total. The summed E-state index contributed by atoms with van der Waals surface area (Å²) in [7, 11) is 0. The van der Waals surface area contributed by atoms with Gasteiger partial charge in [-0.25, -0.2) is 0 Å². The van der Waals surface area contributed by atoms with Gasteiger partial charge < -0.3 is 14.6 Å². The minimum atomic E-state index is -1.19. The van der Waals surface area contributed by atoms with Gasteiger partial charge in [0, 0.05) is 31.2 Å². The predicted molar refractivity (Wildman–Crippen MR) is 87.4 cm³/mol. The molecule has 6 nitrogen and oxygen atoms in total. The summed E-state index contributed by atoms with van der Waals surface area (Å²) in [6, 6.07) is 8.44. The number of hydrogen-bond acceptors (Lipinski definition) is 6. The molecule has 2 aromatic carbocycles. The maximum Gasteiger partial charge on any atom is 0.245 e. The summed E-state index contributed by atoms with van der Waals surface area (Å²) in [6.07, 6.45) is 1.22. The largest absolute Gasteiger partial charge is 0.507 e. The number of ether oxygens (including phenoxy) is 3. The molecule has 2 spiro atoms. The van der Waals surface area contributed by atoms with Crippen LogP contribution in [0.3, 0.4) is 0 Å². The van der Waals surface area contributed by atoms with Gasteiger partial charge in [-0.2, -0.15) is 0 Å².